The second-order valence-corrected chi connectivity index (χ2v) is 5.21. The molecule has 1 aliphatic rings. The predicted molar refractivity (Wildman–Crippen MR) is 79.5 cm³/mol. The van der Waals surface area contributed by atoms with Crippen LogP contribution in [0.4, 0.5) is 10.1 Å². The zero-order valence-electron chi connectivity index (χ0n) is 11.1. The molecule has 0 radical (unpaired) electrons. The third-order valence-corrected chi connectivity index (χ3v) is 3.63. The van der Waals surface area contributed by atoms with Crippen LogP contribution in [0.25, 0.3) is 0 Å². The summed E-state index contributed by atoms with van der Waals surface area (Å²) in [5.74, 6) is -4.21. The summed E-state index contributed by atoms with van der Waals surface area (Å²) < 4.78 is 14.0. The molecular formula is C16H9ClFNO3. The summed E-state index contributed by atoms with van der Waals surface area (Å²) in [6, 6.07) is 10.1. The van der Waals surface area contributed by atoms with Crippen molar-refractivity contribution in [1.29, 1.82) is 0 Å². The molecule has 0 aliphatic carbocycles. The molecule has 4 nitrogen and oxygen atoms in total. The van der Waals surface area contributed by atoms with Gasteiger partial charge in [-0.2, -0.15) is 0 Å². The summed E-state index contributed by atoms with van der Waals surface area (Å²) >= 11 is 5.84. The monoisotopic (exact) mass is 317 g/mol. The van der Waals surface area contributed by atoms with Gasteiger partial charge < -0.3 is 5.11 Å². The Kier molecular flexibility index (Phi) is 3.50. The van der Waals surface area contributed by atoms with E-state index in [0.29, 0.717) is 5.02 Å². The van der Waals surface area contributed by atoms with Crippen LogP contribution in [0.3, 0.4) is 0 Å². The molecule has 22 heavy (non-hydrogen) atoms. The Morgan fingerprint density at radius 2 is 1.91 bits per heavy atom. The van der Waals surface area contributed by atoms with Crippen molar-refractivity contribution in [3.63, 3.8) is 0 Å². The lowest BCUT2D eigenvalue weighted by Gasteiger charge is -2.21. The molecule has 0 saturated heterocycles. The fourth-order valence-corrected chi connectivity index (χ4v) is 2.56. The van der Waals surface area contributed by atoms with Gasteiger partial charge in [-0.25, -0.2) is 4.39 Å². The first kappa shape index (κ1) is 14.4. The van der Waals surface area contributed by atoms with E-state index in [1.54, 1.807) is 6.07 Å². The fourth-order valence-electron chi connectivity index (χ4n) is 2.39. The number of halogens is 2. The number of aliphatic imine (C=N–C) groups is 1. The van der Waals surface area contributed by atoms with E-state index in [1.807, 2.05) is 0 Å². The van der Waals surface area contributed by atoms with E-state index in [-0.39, 0.29) is 22.5 Å². The van der Waals surface area contributed by atoms with Gasteiger partial charge >= 0.3 is 5.97 Å². The SMILES string of the molecule is O=C(O)C1C(=O)c2cc(Cl)ccc2N=C1c1ccccc1F. The van der Waals surface area contributed by atoms with E-state index < -0.39 is 23.5 Å². The zero-order chi connectivity index (χ0) is 15.9. The fraction of sp³-hybridized carbons (Fsp3) is 0.0625. The van der Waals surface area contributed by atoms with Crippen molar-refractivity contribution in [2.45, 2.75) is 0 Å². The summed E-state index contributed by atoms with van der Waals surface area (Å²) in [5, 5.41) is 9.68. The van der Waals surface area contributed by atoms with Gasteiger partial charge in [-0.1, -0.05) is 29.8 Å². The van der Waals surface area contributed by atoms with Gasteiger partial charge in [0.25, 0.3) is 0 Å². The van der Waals surface area contributed by atoms with Crippen molar-refractivity contribution in [1.82, 2.24) is 0 Å². The molecule has 0 amide bonds. The van der Waals surface area contributed by atoms with Gasteiger partial charge in [0.15, 0.2) is 11.7 Å². The molecule has 1 atom stereocenters. The first-order valence-electron chi connectivity index (χ1n) is 6.39. The summed E-state index contributed by atoms with van der Waals surface area (Å²) in [6.07, 6.45) is 0. The number of rotatable bonds is 2. The number of aliphatic carboxylic acids is 1. The minimum Gasteiger partial charge on any atom is -0.480 e. The van der Waals surface area contributed by atoms with Gasteiger partial charge in [0.05, 0.1) is 11.4 Å². The standard InChI is InChI=1S/C16H9ClFNO3/c17-8-5-6-12-10(7-8)15(20)13(16(21)22)14(19-12)9-3-1-2-4-11(9)18/h1-7,13H,(H,21,22). The van der Waals surface area contributed by atoms with Crippen LogP contribution < -0.4 is 0 Å². The molecule has 1 N–H and O–H groups in total. The molecule has 1 heterocycles. The average molecular weight is 318 g/mol. The van der Waals surface area contributed by atoms with Crippen LogP contribution in [0.1, 0.15) is 15.9 Å². The van der Waals surface area contributed by atoms with Gasteiger partial charge in [-0.15, -0.1) is 0 Å². The van der Waals surface area contributed by atoms with Crippen LogP contribution in [0.15, 0.2) is 47.5 Å². The van der Waals surface area contributed by atoms with E-state index in [0.717, 1.165) is 0 Å². The van der Waals surface area contributed by atoms with E-state index in [9.17, 15) is 19.1 Å². The summed E-state index contributed by atoms with van der Waals surface area (Å²) in [5.41, 5.74) is 0.305. The number of carboxylic acids is 1. The molecular weight excluding hydrogens is 309 g/mol. The molecule has 110 valence electrons. The highest BCUT2D eigenvalue weighted by Crippen LogP contribution is 2.33. The lowest BCUT2D eigenvalue weighted by atomic mass is 9.86. The second kappa shape index (κ2) is 5.35. The highest BCUT2D eigenvalue weighted by molar-refractivity contribution is 6.34. The average Bonchev–Trinajstić information content (AvgIpc) is 2.48. The second-order valence-electron chi connectivity index (χ2n) is 4.77. The van der Waals surface area contributed by atoms with Crippen molar-refractivity contribution < 1.29 is 19.1 Å². The Morgan fingerprint density at radius 1 is 1.18 bits per heavy atom. The third kappa shape index (κ3) is 2.29. The van der Waals surface area contributed by atoms with Crippen molar-refractivity contribution in [3.05, 3.63) is 64.4 Å². The van der Waals surface area contributed by atoms with Crippen molar-refractivity contribution in [2.75, 3.05) is 0 Å². The Labute approximate surface area is 129 Å². The number of fused-ring (bicyclic) bond motifs is 1. The van der Waals surface area contributed by atoms with Crippen LogP contribution in [0.2, 0.25) is 5.02 Å². The number of hydrogen-bond acceptors (Lipinski definition) is 3. The molecule has 2 aromatic rings. The van der Waals surface area contributed by atoms with Crippen molar-refractivity contribution in [3.8, 4) is 0 Å². The highest BCUT2D eigenvalue weighted by atomic mass is 35.5. The number of nitrogens with zero attached hydrogens (tertiary/aromatic N) is 1. The lowest BCUT2D eigenvalue weighted by Crippen LogP contribution is -2.35. The van der Waals surface area contributed by atoms with Crippen LogP contribution in [0, 0.1) is 11.7 Å². The number of carbonyl (C=O) groups is 2. The topological polar surface area (TPSA) is 66.7 Å². The largest absolute Gasteiger partial charge is 0.480 e. The van der Waals surface area contributed by atoms with E-state index in [2.05, 4.69) is 4.99 Å². The molecule has 3 rings (SSSR count). The smallest absolute Gasteiger partial charge is 0.320 e. The Bertz CT molecular complexity index is 832. The van der Waals surface area contributed by atoms with Crippen molar-refractivity contribution in [2.24, 2.45) is 10.9 Å². The van der Waals surface area contributed by atoms with Gasteiger partial charge in [0.1, 0.15) is 5.82 Å². The zero-order valence-corrected chi connectivity index (χ0v) is 11.8. The molecule has 0 spiro atoms. The molecule has 0 bridgehead atoms. The molecule has 0 saturated carbocycles. The summed E-state index contributed by atoms with van der Waals surface area (Å²) in [4.78, 5) is 28.1. The Morgan fingerprint density at radius 3 is 2.59 bits per heavy atom. The van der Waals surface area contributed by atoms with E-state index in [1.165, 1.54) is 36.4 Å². The normalized spacial score (nSPS) is 16.9. The maximum Gasteiger partial charge on any atom is 0.320 e. The van der Waals surface area contributed by atoms with Crippen LogP contribution in [0.5, 0.6) is 0 Å². The first-order chi connectivity index (χ1) is 10.5. The van der Waals surface area contributed by atoms with Crippen molar-refractivity contribution >= 4 is 34.8 Å². The lowest BCUT2D eigenvalue weighted by molar-refractivity contribution is -0.137. The predicted octanol–water partition coefficient (Wildman–Crippen LogP) is 3.50. The number of hydrogen-bond donors (Lipinski definition) is 1. The number of benzene rings is 2. The first-order valence-corrected chi connectivity index (χ1v) is 6.77. The maximum atomic E-state index is 14.0. The minimum atomic E-state index is -1.55. The quantitative estimate of drug-likeness (QED) is 0.862. The van der Waals surface area contributed by atoms with Gasteiger partial charge in [-0.3, -0.25) is 14.6 Å². The minimum absolute atomic E-state index is 0.00356. The Balaban J connectivity index is 2.26. The van der Waals surface area contributed by atoms with E-state index in [4.69, 9.17) is 11.6 Å². The molecule has 0 aromatic heterocycles. The highest BCUT2D eigenvalue weighted by Gasteiger charge is 2.38. The van der Waals surface area contributed by atoms with E-state index >= 15 is 0 Å². The number of carbonyl (C=O) groups excluding carboxylic acids is 1. The summed E-state index contributed by atoms with van der Waals surface area (Å²) in [6.45, 7) is 0. The molecule has 1 aliphatic heterocycles. The molecule has 6 heteroatoms. The Hall–Kier alpha value is -2.53. The van der Waals surface area contributed by atoms with Crippen LogP contribution >= 0.6 is 11.6 Å². The molecule has 2 aromatic carbocycles. The van der Waals surface area contributed by atoms with Crippen LogP contribution in [-0.4, -0.2) is 22.6 Å². The maximum absolute atomic E-state index is 14.0. The number of Topliss-reactive ketones (excluding diaryl/α,β-unsaturated/α-hetero) is 1. The summed E-state index contributed by atoms with van der Waals surface area (Å²) in [7, 11) is 0. The van der Waals surface area contributed by atoms with Gasteiger partial charge in [-0.05, 0) is 24.3 Å². The number of carboxylic acid groups (broad SMARTS) is 1. The van der Waals surface area contributed by atoms with Gasteiger partial charge in [0.2, 0.25) is 0 Å². The molecule has 1 unspecified atom stereocenters. The molecule has 0 fully saturated rings. The number of ketones is 1. The van der Waals surface area contributed by atoms with Crippen LogP contribution in [-0.2, 0) is 4.79 Å². The third-order valence-electron chi connectivity index (χ3n) is 3.40. The van der Waals surface area contributed by atoms with Gasteiger partial charge in [0, 0.05) is 16.1 Å².